The van der Waals surface area contributed by atoms with Crippen molar-refractivity contribution in [2.45, 2.75) is 20.0 Å². The highest BCUT2D eigenvalue weighted by atomic mass is 35.5. The number of benzene rings is 2. The van der Waals surface area contributed by atoms with Gasteiger partial charge in [-0.3, -0.25) is 4.79 Å². The zero-order valence-corrected chi connectivity index (χ0v) is 17.9. The molecule has 0 aliphatic carbocycles. The zero-order chi connectivity index (χ0) is 21.3. The standard InChI is InChI=1S/C23H23N3O4.ClH/c1-2-29-23(28)18-5-3-6-19(13-18)30-22-20(7-4-12-25-22)21(27)26-15-17-10-8-16(14-24)9-11-17;/h3-13H,2,14-15,24H2,1H3,(H,26,27);1H. The number of pyridine rings is 1. The number of halogens is 1. The average Bonchev–Trinajstić information content (AvgIpc) is 2.78. The Balaban J connectivity index is 0.00000341. The lowest BCUT2D eigenvalue weighted by Crippen LogP contribution is -2.23. The summed E-state index contributed by atoms with van der Waals surface area (Å²) in [5, 5.41) is 2.86. The Kier molecular flexibility index (Phi) is 8.99. The number of nitrogens with one attached hydrogen (secondary N) is 1. The van der Waals surface area contributed by atoms with Crippen molar-refractivity contribution in [2.24, 2.45) is 5.73 Å². The van der Waals surface area contributed by atoms with Gasteiger partial charge >= 0.3 is 5.97 Å². The van der Waals surface area contributed by atoms with Crippen molar-refractivity contribution in [3.63, 3.8) is 0 Å². The van der Waals surface area contributed by atoms with Crippen LogP contribution in [0.15, 0.2) is 66.9 Å². The molecule has 0 atom stereocenters. The van der Waals surface area contributed by atoms with Crippen molar-refractivity contribution in [1.82, 2.24) is 10.3 Å². The van der Waals surface area contributed by atoms with E-state index < -0.39 is 5.97 Å². The van der Waals surface area contributed by atoms with Gasteiger partial charge in [0.2, 0.25) is 5.88 Å². The van der Waals surface area contributed by atoms with Gasteiger partial charge in [0, 0.05) is 19.3 Å². The third-order valence-corrected chi connectivity index (χ3v) is 4.29. The second-order valence-electron chi connectivity index (χ2n) is 6.41. The maximum Gasteiger partial charge on any atom is 0.338 e. The second-order valence-corrected chi connectivity index (χ2v) is 6.41. The highest BCUT2D eigenvalue weighted by molar-refractivity contribution is 5.96. The molecule has 1 amide bonds. The first-order chi connectivity index (χ1) is 14.6. The van der Waals surface area contributed by atoms with Gasteiger partial charge in [-0.1, -0.05) is 30.3 Å². The molecule has 0 unspecified atom stereocenters. The van der Waals surface area contributed by atoms with Crippen molar-refractivity contribution < 1.29 is 19.1 Å². The number of aromatic nitrogens is 1. The summed E-state index contributed by atoms with van der Waals surface area (Å²) in [6, 6.07) is 17.5. The molecule has 7 nitrogen and oxygen atoms in total. The Morgan fingerprint density at radius 3 is 2.48 bits per heavy atom. The van der Waals surface area contributed by atoms with Crippen LogP contribution in [-0.2, 0) is 17.8 Å². The third kappa shape index (κ3) is 6.53. The molecule has 0 aliphatic heterocycles. The van der Waals surface area contributed by atoms with E-state index in [0.717, 1.165) is 11.1 Å². The van der Waals surface area contributed by atoms with Gasteiger partial charge in [0.25, 0.3) is 5.91 Å². The minimum absolute atomic E-state index is 0. The van der Waals surface area contributed by atoms with E-state index in [1.807, 2.05) is 24.3 Å². The molecular formula is C23H24ClN3O4. The van der Waals surface area contributed by atoms with Gasteiger partial charge in [-0.2, -0.15) is 0 Å². The smallest absolute Gasteiger partial charge is 0.338 e. The van der Waals surface area contributed by atoms with Gasteiger partial charge in [-0.15, -0.1) is 12.4 Å². The number of ether oxygens (including phenoxy) is 2. The minimum Gasteiger partial charge on any atom is -0.462 e. The summed E-state index contributed by atoms with van der Waals surface area (Å²) in [6.45, 7) is 2.85. The van der Waals surface area contributed by atoms with Crippen molar-refractivity contribution in [3.05, 3.63) is 89.1 Å². The summed E-state index contributed by atoms with van der Waals surface area (Å²) in [6.07, 6.45) is 1.53. The molecule has 3 N–H and O–H groups in total. The molecule has 0 saturated heterocycles. The number of carbonyl (C=O) groups excluding carboxylic acids is 2. The monoisotopic (exact) mass is 441 g/mol. The molecule has 0 saturated carbocycles. The van der Waals surface area contributed by atoms with Crippen LogP contribution in [0.3, 0.4) is 0 Å². The SMILES string of the molecule is CCOC(=O)c1cccc(Oc2ncccc2C(=O)NCc2ccc(CN)cc2)c1.Cl. The van der Waals surface area contributed by atoms with Gasteiger partial charge in [0.05, 0.1) is 12.2 Å². The lowest BCUT2D eigenvalue weighted by molar-refractivity contribution is 0.0525. The minimum atomic E-state index is -0.442. The number of carbonyl (C=O) groups is 2. The Labute approximate surface area is 187 Å². The number of amides is 1. The number of nitrogens with two attached hydrogens (primary N) is 1. The van der Waals surface area contributed by atoms with Gasteiger partial charge in [-0.25, -0.2) is 9.78 Å². The van der Waals surface area contributed by atoms with Crippen molar-refractivity contribution in [3.8, 4) is 11.6 Å². The van der Waals surface area contributed by atoms with E-state index in [2.05, 4.69) is 10.3 Å². The van der Waals surface area contributed by atoms with E-state index in [0.29, 0.717) is 24.4 Å². The van der Waals surface area contributed by atoms with Gasteiger partial charge in [-0.05, 0) is 48.4 Å². The molecule has 31 heavy (non-hydrogen) atoms. The fraction of sp³-hybridized carbons (Fsp3) is 0.174. The lowest BCUT2D eigenvalue weighted by atomic mass is 10.1. The summed E-state index contributed by atoms with van der Waals surface area (Å²) < 4.78 is 10.8. The van der Waals surface area contributed by atoms with Gasteiger partial charge < -0.3 is 20.5 Å². The van der Waals surface area contributed by atoms with Crippen LogP contribution >= 0.6 is 12.4 Å². The second kappa shape index (κ2) is 11.7. The average molecular weight is 442 g/mol. The molecule has 0 spiro atoms. The quantitative estimate of drug-likeness (QED) is 0.514. The van der Waals surface area contributed by atoms with Crippen LogP contribution in [-0.4, -0.2) is 23.5 Å². The topological polar surface area (TPSA) is 104 Å². The maximum atomic E-state index is 12.7. The third-order valence-electron chi connectivity index (χ3n) is 4.29. The van der Waals surface area contributed by atoms with Crippen LogP contribution in [0.2, 0.25) is 0 Å². The molecule has 1 heterocycles. The molecule has 3 rings (SSSR count). The van der Waals surface area contributed by atoms with Crippen molar-refractivity contribution in [1.29, 1.82) is 0 Å². The van der Waals surface area contributed by atoms with Crippen LogP contribution in [0, 0.1) is 0 Å². The van der Waals surface area contributed by atoms with E-state index in [-0.39, 0.29) is 36.4 Å². The molecule has 0 bridgehead atoms. The maximum absolute atomic E-state index is 12.7. The first-order valence-electron chi connectivity index (χ1n) is 9.57. The van der Waals surface area contributed by atoms with Crippen molar-refractivity contribution in [2.75, 3.05) is 6.61 Å². The fourth-order valence-corrected chi connectivity index (χ4v) is 2.73. The molecule has 2 aromatic carbocycles. The Hall–Kier alpha value is -3.42. The van der Waals surface area contributed by atoms with E-state index in [1.54, 1.807) is 43.3 Å². The molecule has 3 aromatic rings. The van der Waals surface area contributed by atoms with Crippen LogP contribution in [0.5, 0.6) is 11.6 Å². The predicted octanol–water partition coefficient (Wildman–Crippen LogP) is 3.86. The van der Waals surface area contributed by atoms with Crippen LogP contribution in [0.25, 0.3) is 0 Å². The summed E-state index contributed by atoms with van der Waals surface area (Å²) in [7, 11) is 0. The lowest BCUT2D eigenvalue weighted by Gasteiger charge is -2.11. The number of nitrogens with zero attached hydrogens (tertiary/aromatic N) is 1. The molecular weight excluding hydrogens is 418 g/mol. The van der Waals surface area contributed by atoms with Crippen molar-refractivity contribution >= 4 is 24.3 Å². The Morgan fingerprint density at radius 2 is 1.77 bits per heavy atom. The molecule has 0 aliphatic rings. The molecule has 1 aromatic heterocycles. The van der Waals surface area contributed by atoms with E-state index in [4.69, 9.17) is 15.2 Å². The number of rotatable bonds is 8. The largest absolute Gasteiger partial charge is 0.462 e. The highest BCUT2D eigenvalue weighted by Gasteiger charge is 2.15. The normalized spacial score (nSPS) is 10.0. The Morgan fingerprint density at radius 1 is 1.03 bits per heavy atom. The van der Waals surface area contributed by atoms with E-state index in [9.17, 15) is 9.59 Å². The molecule has 0 fully saturated rings. The summed E-state index contributed by atoms with van der Waals surface area (Å²) in [5.41, 5.74) is 8.23. The highest BCUT2D eigenvalue weighted by Crippen LogP contribution is 2.24. The van der Waals surface area contributed by atoms with Gasteiger partial charge in [0.15, 0.2) is 0 Å². The van der Waals surface area contributed by atoms with Gasteiger partial charge in [0.1, 0.15) is 11.3 Å². The number of hydrogen-bond acceptors (Lipinski definition) is 6. The van der Waals surface area contributed by atoms with Crippen LogP contribution < -0.4 is 15.8 Å². The predicted molar refractivity (Wildman–Crippen MR) is 119 cm³/mol. The summed E-state index contributed by atoms with van der Waals surface area (Å²) >= 11 is 0. The first-order valence-corrected chi connectivity index (χ1v) is 9.57. The molecule has 162 valence electrons. The fourth-order valence-electron chi connectivity index (χ4n) is 2.73. The van der Waals surface area contributed by atoms with E-state index in [1.165, 1.54) is 6.20 Å². The van der Waals surface area contributed by atoms with E-state index >= 15 is 0 Å². The molecule has 8 heteroatoms. The summed E-state index contributed by atoms with van der Waals surface area (Å²) in [4.78, 5) is 28.8. The zero-order valence-electron chi connectivity index (χ0n) is 17.0. The van der Waals surface area contributed by atoms with Crippen LogP contribution in [0.1, 0.15) is 38.8 Å². The van der Waals surface area contributed by atoms with Crippen LogP contribution in [0.4, 0.5) is 0 Å². The molecule has 0 radical (unpaired) electrons. The number of hydrogen-bond donors (Lipinski definition) is 2. The number of esters is 1. The summed E-state index contributed by atoms with van der Waals surface area (Å²) in [5.74, 6) is -0.231. The first kappa shape index (κ1) is 23.9. The Bertz CT molecular complexity index is 1030.